The average Bonchev–Trinajstić information content (AvgIpc) is 2.93. The summed E-state index contributed by atoms with van der Waals surface area (Å²) in [5.41, 5.74) is 2.95. The molecule has 3 aromatic rings. The van der Waals surface area contributed by atoms with Gasteiger partial charge < -0.3 is 28.4 Å². The summed E-state index contributed by atoms with van der Waals surface area (Å²) in [5, 5.41) is 0.664. The molecule has 3 aromatic carbocycles. The first kappa shape index (κ1) is 28.2. The molecule has 4 rings (SSSR count). The lowest BCUT2D eigenvalue weighted by Gasteiger charge is -2.45. The van der Waals surface area contributed by atoms with Crippen LogP contribution in [0, 0.1) is 0 Å². The molecular weight excluding hydrogens is 508 g/mol. The lowest BCUT2D eigenvalue weighted by atomic mass is 9.98. The molecule has 0 amide bonds. The molecule has 7 nitrogen and oxygen atoms in total. The molecule has 0 radical (unpaired) electrons. The first-order valence-corrected chi connectivity index (χ1v) is 12.9. The van der Waals surface area contributed by atoms with Gasteiger partial charge in [0.05, 0.1) is 26.4 Å². The molecule has 1 saturated heterocycles. The number of carbonyl (C=O) groups is 1. The third-order valence-electron chi connectivity index (χ3n) is 6.16. The summed E-state index contributed by atoms with van der Waals surface area (Å²) in [5.74, 6) is -0.465. The van der Waals surface area contributed by atoms with E-state index in [9.17, 15) is 4.79 Å². The molecule has 1 fully saturated rings. The normalized spacial score (nSPS) is 23.2. The molecule has 8 heteroatoms. The molecule has 0 unspecified atom stereocenters. The van der Waals surface area contributed by atoms with Crippen LogP contribution in [0.3, 0.4) is 0 Å². The first-order chi connectivity index (χ1) is 18.5. The Bertz CT molecular complexity index is 1110. The molecular formula is C30H33ClO7. The third kappa shape index (κ3) is 8.11. The number of methoxy groups -OCH3 is 1. The predicted octanol–water partition coefficient (Wildman–Crippen LogP) is 5.33. The minimum absolute atomic E-state index is 0.208. The Morgan fingerprint density at radius 2 is 1.32 bits per heavy atom. The lowest BCUT2D eigenvalue weighted by molar-refractivity contribution is -0.315. The van der Waals surface area contributed by atoms with Crippen molar-refractivity contribution in [2.24, 2.45) is 0 Å². The van der Waals surface area contributed by atoms with E-state index in [4.69, 9.17) is 40.0 Å². The fraction of sp³-hybridized carbons (Fsp3) is 0.367. The first-order valence-electron chi connectivity index (χ1n) is 12.5. The van der Waals surface area contributed by atoms with Gasteiger partial charge in [-0.2, -0.15) is 0 Å². The maximum Gasteiger partial charge on any atom is 0.303 e. The summed E-state index contributed by atoms with van der Waals surface area (Å²) in [4.78, 5) is 12.0. The minimum Gasteiger partial charge on any atom is -0.454 e. The van der Waals surface area contributed by atoms with Crippen molar-refractivity contribution in [3.05, 3.63) is 107 Å². The van der Waals surface area contributed by atoms with E-state index in [1.54, 1.807) is 0 Å². The van der Waals surface area contributed by atoms with Crippen LogP contribution in [0.2, 0.25) is 5.02 Å². The quantitative estimate of drug-likeness (QED) is 0.287. The molecule has 1 aliphatic rings. The van der Waals surface area contributed by atoms with Crippen molar-refractivity contribution in [3.8, 4) is 0 Å². The molecule has 202 valence electrons. The van der Waals surface area contributed by atoms with E-state index < -0.39 is 36.7 Å². The second kappa shape index (κ2) is 14.4. The van der Waals surface area contributed by atoms with E-state index in [2.05, 4.69) is 0 Å². The number of ether oxygens (including phenoxy) is 6. The standard InChI is InChI=1S/C30H33ClO7/c1-21(32)37-29-28(36-19-23-11-7-4-8-12-23)27(35-18-22-9-5-3-6-10-22)26(38-30(29)33-2)20-34-17-24-13-15-25(31)16-14-24/h3-16,26-30H,17-20H2,1-2H3/t26-,27-,28+,29-,30+/m1/s1. The molecule has 1 heterocycles. The Kier molecular flexibility index (Phi) is 10.7. The van der Waals surface area contributed by atoms with Gasteiger partial charge in [-0.05, 0) is 28.8 Å². The van der Waals surface area contributed by atoms with Crippen LogP contribution in [0.5, 0.6) is 0 Å². The molecule has 0 aliphatic carbocycles. The minimum atomic E-state index is -0.861. The predicted molar refractivity (Wildman–Crippen MR) is 142 cm³/mol. The van der Waals surface area contributed by atoms with Crippen LogP contribution in [0.1, 0.15) is 23.6 Å². The van der Waals surface area contributed by atoms with Crippen molar-refractivity contribution in [2.75, 3.05) is 13.7 Å². The molecule has 0 spiro atoms. The zero-order chi connectivity index (χ0) is 26.7. The van der Waals surface area contributed by atoms with E-state index in [1.807, 2.05) is 84.9 Å². The van der Waals surface area contributed by atoms with Crippen LogP contribution in [0.25, 0.3) is 0 Å². The summed E-state index contributed by atoms with van der Waals surface area (Å²) in [6, 6.07) is 27.1. The molecule has 5 atom stereocenters. The topological polar surface area (TPSA) is 72.5 Å². The Morgan fingerprint density at radius 3 is 1.87 bits per heavy atom. The summed E-state index contributed by atoms with van der Waals surface area (Å²) < 4.78 is 36.3. The number of benzene rings is 3. The Labute approximate surface area is 228 Å². The monoisotopic (exact) mass is 540 g/mol. The van der Waals surface area contributed by atoms with Crippen LogP contribution < -0.4 is 0 Å². The van der Waals surface area contributed by atoms with Crippen LogP contribution in [-0.2, 0) is 53.0 Å². The van der Waals surface area contributed by atoms with Crippen LogP contribution in [-0.4, -0.2) is 50.4 Å². The van der Waals surface area contributed by atoms with Crippen LogP contribution in [0.15, 0.2) is 84.9 Å². The van der Waals surface area contributed by atoms with Crippen molar-refractivity contribution in [2.45, 2.75) is 57.5 Å². The SMILES string of the molecule is CO[C@H]1O[C@H](COCc2ccc(Cl)cc2)[C@@H](OCc2ccccc2)[C@H](OCc2ccccc2)[C@H]1OC(C)=O. The molecule has 0 N–H and O–H groups in total. The van der Waals surface area contributed by atoms with Gasteiger partial charge in [-0.25, -0.2) is 0 Å². The highest BCUT2D eigenvalue weighted by atomic mass is 35.5. The van der Waals surface area contributed by atoms with E-state index in [0.717, 1.165) is 16.7 Å². The second-order valence-corrected chi connectivity index (χ2v) is 9.45. The number of carbonyl (C=O) groups excluding carboxylic acids is 1. The second-order valence-electron chi connectivity index (χ2n) is 9.02. The fourth-order valence-corrected chi connectivity index (χ4v) is 4.44. The van der Waals surface area contributed by atoms with Crippen LogP contribution in [0.4, 0.5) is 0 Å². The largest absolute Gasteiger partial charge is 0.454 e. The van der Waals surface area contributed by atoms with E-state index >= 15 is 0 Å². The molecule has 1 aliphatic heterocycles. The van der Waals surface area contributed by atoms with Gasteiger partial charge >= 0.3 is 5.97 Å². The number of esters is 1. The van der Waals surface area contributed by atoms with Crippen molar-refractivity contribution in [1.82, 2.24) is 0 Å². The van der Waals surface area contributed by atoms with Gasteiger partial charge in [0.2, 0.25) is 0 Å². The Hall–Kier alpha value is -2.78. The highest BCUT2D eigenvalue weighted by molar-refractivity contribution is 6.30. The zero-order valence-electron chi connectivity index (χ0n) is 21.5. The van der Waals surface area contributed by atoms with Gasteiger partial charge in [-0.15, -0.1) is 0 Å². The highest BCUT2D eigenvalue weighted by Crippen LogP contribution is 2.30. The van der Waals surface area contributed by atoms with Gasteiger partial charge in [-0.3, -0.25) is 4.79 Å². The van der Waals surface area contributed by atoms with E-state index in [-0.39, 0.29) is 6.61 Å². The van der Waals surface area contributed by atoms with Gasteiger partial charge in [0, 0.05) is 19.1 Å². The molecule has 0 bridgehead atoms. The maximum absolute atomic E-state index is 12.0. The van der Waals surface area contributed by atoms with Crippen molar-refractivity contribution in [1.29, 1.82) is 0 Å². The number of hydrogen-bond donors (Lipinski definition) is 0. The maximum atomic E-state index is 12.0. The lowest BCUT2D eigenvalue weighted by Crippen LogP contribution is -2.62. The van der Waals surface area contributed by atoms with E-state index in [1.165, 1.54) is 14.0 Å². The number of halogens is 1. The number of rotatable bonds is 12. The van der Waals surface area contributed by atoms with Gasteiger partial charge in [0.25, 0.3) is 0 Å². The fourth-order valence-electron chi connectivity index (χ4n) is 4.32. The summed E-state index contributed by atoms with van der Waals surface area (Å²) in [6.45, 7) is 2.53. The van der Waals surface area contributed by atoms with Gasteiger partial charge in [0.1, 0.15) is 18.3 Å². The summed E-state index contributed by atoms with van der Waals surface area (Å²) in [7, 11) is 1.51. The Balaban J connectivity index is 1.55. The van der Waals surface area contributed by atoms with Gasteiger partial charge in [0.15, 0.2) is 12.4 Å². The molecule has 38 heavy (non-hydrogen) atoms. The summed E-state index contributed by atoms with van der Waals surface area (Å²) in [6.07, 6.45) is -3.54. The van der Waals surface area contributed by atoms with Crippen molar-refractivity contribution in [3.63, 3.8) is 0 Å². The smallest absolute Gasteiger partial charge is 0.303 e. The van der Waals surface area contributed by atoms with Crippen molar-refractivity contribution >= 4 is 17.6 Å². The van der Waals surface area contributed by atoms with Crippen molar-refractivity contribution < 1.29 is 33.2 Å². The molecule has 0 saturated carbocycles. The van der Waals surface area contributed by atoms with E-state index in [0.29, 0.717) is 24.8 Å². The molecule has 0 aromatic heterocycles. The van der Waals surface area contributed by atoms with Gasteiger partial charge in [-0.1, -0.05) is 84.4 Å². The third-order valence-corrected chi connectivity index (χ3v) is 6.41. The summed E-state index contributed by atoms with van der Waals surface area (Å²) >= 11 is 6.00. The number of hydrogen-bond acceptors (Lipinski definition) is 7. The zero-order valence-corrected chi connectivity index (χ0v) is 22.3. The Morgan fingerprint density at radius 1 is 0.763 bits per heavy atom. The highest BCUT2D eigenvalue weighted by Gasteiger charge is 2.49. The van der Waals surface area contributed by atoms with Crippen LogP contribution >= 0.6 is 11.6 Å². The average molecular weight is 541 g/mol.